The van der Waals surface area contributed by atoms with Crippen molar-refractivity contribution in [2.75, 3.05) is 6.61 Å². The molecule has 0 heterocycles. The van der Waals surface area contributed by atoms with E-state index in [-0.39, 0.29) is 6.61 Å². The molecule has 0 aromatic heterocycles. The molecule has 0 aliphatic carbocycles. The first-order chi connectivity index (χ1) is 3.65. The van der Waals surface area contributed by atoms with Gasteiger partial charge in [0.2, 0.25) is 0 Å². The van der Waals surface area contributed by atoms with Crippen LogP contribution in [0.1, 0.15) is 0 Å². The van der Waals surface area contributed by atoms with E-state index in [4.69, 9.17) is 9.90 Å². The number of carbonyl (C=O) groups is 1. The summed E-state index contributed by atoms with van der Waals surface area (Å²) in [4.78, 5) is 9.00. The van der Waals surface area contributed by atoms with Crippen LogP contribution in [0.15, 0.2) is 0 Å². The van der Waals surface area contributed by atoms with Crippen LogP contribution in [-0.4, -0.2) is 17.7 Å². The largest absolute Gasteiger partial charge is 0.384 e. The van der Waals surface area contributed by atoms with Crippen LogP contribution in [0.25, 0.3) is 0 Å². The lowest BCUT2D eigenvalue weighted by molar-refractivity contribution is 0.256. The highest BCUT2D eigenvalue weighted by Gasteiger charge is 1.60. The summed E-state index contributed by atoms with van der Waals surface area (Å²) in [5, 5.41) is 7.64. The van der Waals surface area contributed by atoms with Crippen LogP contribution in [0.5, 0.6) is 0 Å². The Bertz CT molecular complexity index is 90.7. The van der Waals surface area contributed by atoms with Gasteiger partial charge < -0.3 is 16.6 Å². The summed E-state index contributed by atoms with van der Waals surface area (Å²) >= 11 is 0. The van der Waals surface area contributed by atoms with E-state index in [9.17, 15) is 0 Å². The van der Waals surface area contributed by atoms with Gasteiger partial charge in [-0.05, 0) is 0 Å². The molecule has 46 valence electrons. The first kappa shape index (κ1) is 9.92. The first-order valence-electron chi connectivity index (χ1n) is 1.74. The maximum atomic E-state index is 9.00. The quantitative estimate of drug-likeness (QED) is 0.341. The minimum Gasteiger partial charge on any atom is -0.384 e. The van der Waals surface area contributed by atoms with Crippen LogP contribution in [0.4, 0.5) is 4.79 Å². The lowest BCUT2D eigenvalue weighted by Gasteiger charge is -1.62. The maximum Gasteiger partial charge on any atom is 0.309 e. The summed E-state index contributed by atoms with van der Waals surface area (Å²) in [7, 11) is 0. The summed E-state index contributed by atoms with van der Waals surface area (Å²) in [5.41, 5.74) is 8.50. The molecule has 5 N–H and O–H groups in total. The Labute approximate surface area is 47.5 Å². The first-order valence-corrected chi connectivity index (χ1v) is 1.74. The number of terminal acetylenes is 1. The van der Waals surface area contributed by atoms with Crippen molar-refractivity contribution in [3.8, 4) is 12.3 Å². The van der Waals surface area contributed by atoms with E-state index in [0.29, 0.717) is 0 Å². The molecule has 0 radical (unpaired) electrons. The monoisotopic (exact) mass is 116 g/mol. The van der Waals surface area contributed by atoms with Gasteiger partial charge in [-0.25, -0.2) is 4.79 Å². The van der Waals surface area contributed by atoms with Crippen LogP contribution in [0.3, 0.4) is 0 Å². The van der Waals surface area contributed by atoms with E-state index in [2.05, 4.69) is 17.9 Å². The minimum atomic E-state index is -0.833. The van der Waals surface area contributed by atoms with Crippen LogP contribution in [0, 0.1) is 12.3 Å². The average molecular weight is 116 g/mol. The number of carbonyl (C=O) groups excluding carboxylic acids is 1. The van der Waals surface area contributed by atoms with E-state index in [1.165, 1.54) is 0 Å². The van der Waals surface area contributed by atoms with Gasteiger partial charge in [-0.1, -0.05) is 5.92 Å². The molecule has 0 saturated carbocycles. The number of amides is 2. The molecule has 0 aliphatic rings. The Hall–Kier alpha value is -1.21. The second-order valence-corrected chi connectivity index (χ2v) is 0.765. The molecule has 0 aromatic carbocycles. The third-order valence-electron chi connectivity index (χ3n) is 0.0913. The summed E-state index contributed by atoms with van der Waals surface area (Å²) in [6, 6.07) is -0.833. The van der Waals surface area contributed by atoms with Gasteiger partial charge in [0.1, 0.15) is 6.61 Å². The molecular weight excluding hydrogens is 108 g/mol. The van der Waals surface area contributed by atoms with E-state index in [1.54, 1.807) is 0 Å². The third-order valence-corrected chi connectivity index (χ3v) is 0.0913. The Balaban J connectivity index is 0. The van der Waals surface area contributed by atoms with Crippen molar-refractivity contribution in [1.29, 1.82) is 0 Å². The molecule has 0 unspecified atom stereocenters. The van der Waals surface area contributed by atoms with Crippen LogP contribution in [0.2, 0.25) is 0 Å². The van der Waals surface area contributed by atoms with Gasteiger partial charge in [0.25, 0.3) is 0 Å². The zero-order valence-corrected chi connectivity index (χ0v) is 4.29. The highest BCUT2D eigenvalue weighted by molar-refractivity contribution is 5.69. The molecule has 0 aliphatic heterocycles. The summed E-state index contributed by atoms with van der Waals surface area (Å²) in [5.74, 6) is 1.99. The van der Waals surface area contributed by atoms with Gasteiger partial charge in [0.15, 0.2) is 0 Å². The van der Waals surface area contributed by atoms with Gasteiger partial charge >= 0.3 is 6.03 Å². The van der Waals surface area contributed by atoms with Crippen LogP contribution < -0.4 is 11.5 Å². The second kappa shape index (κ2) is 9.25. The van der Waals surface area contributed by atoms with Crippen molar-refractivity contribution < 1.29 is 9.90 Å². The molecule has 0 saturated heterocycles. The molecule has 4 nitrogen and oxygen atoms in total. The van der Waals surface area contributed by atoms with Gasteiger partial charge in [0, 0.05) is 0 Å². The van der Waals surface area contributed by atoms with Crippen molar-refractivity contribution in [3.05, 3.63) is 0 Å². The molecule has 4 heteroatoms. The molecule has 0 spiro atoms. The Kier molecular flexibility index (Phi) is 11.5. The predicted molar refractivity (Wildman–Crippen MR) is 29.7 cm³/mol. The molecule has 0 bridgehead atoms. The fourth-order valence-electron chi connectivity index (χ4n) is 0. The molecule has 0 rings (SSSR count). The Morgan fingerprint density at radius 3 is 1.88 bits per heavy atom. The molecule has 0 atom stereocenters. The highest BCUT2D eigenvalue weighted by atomic mass is 16.2. The number of hydrogen-bond acceptors (Lipinski definition) is 2. The van der Waals surface area contributed by atoms with Gasteiger partial charge in [-0.2, -0.15) is 0 Å². The lowest BCUT2D eigenvalue weighted by Crippen LogP contribution is -2.18. The number of hydrogen-bond donors (Lipinski definition) is 3. The molecule has 0 aromatic rings. The average Bonchev–Trinajstić information content (AvgIpc) is 1.65. The zero-order valence-electron chi connectivity index (χ0n) is 4.29. The normalized spacial score (nSPS) is 5.50. The van der Waals surface area contributed by atoms with Crippen molar-refractivity contribution >= 4 is 6.03 Å². The van der Waals surface area contributed by atoms with Gasteiger partial charge in [-0.15, -0.1) is 6.42 Å². The van der Waals surface area contributed by atoms with Crippen molar-refractivity contribution in [3.63, 3.8) is 0 Å². The highest BCUT2D eigenvalue weighted by Crippen LogP contribution is 1.34. The van der Waals surface area contributed by atoms with Crippen LogP contribution in [-0.2, 0) is 0 Å². The summed E-state index contributed by atoms with van der Waals surface area (Å²) in [6.07, 6.45) is 4.53. The standard InChI is InChI=1S/C3H4O.CH4N2O/c1-2-3-4;2-1(3)4/h1,4H,3H2;(H4,2,3,4). The van der Waals surface area contributed by atoms with Gasteiger partial charge in [0.05, 0.1) is 0 Å². The molecule has 0 fully saturated rings. The topological polar surface area (TPSA) is 89.3 Å². The van der Waals surface area contributed by atoms with Crippen LogP contribution >= 0.6 is 0 Å². The minimum absolute atomic E-state index is 0.153. The molecule has 8 heavy (non-hydrogen) atoms. The van der Waals surface area contributed by atoms with Crippen molar-refractivity contribution in [2.24, 2.45) is 11.5 Å². The third kappa shape index (κ3) is 1560. The number of aliphatic hydroxyl groups excluding tert-OH is 1. The van der Waals surface area contributed by atoms with E-state index in [1.807, 2.05) is 5.92 Å². The number of nitrogens with two attached hydrogens (primary N) is 2. The number of primary amides is 2. The van der Waals surface area contributed by atoms with E-state index in [0.717, 1.165) is 0 Å². The van der Waals surface area contributed by atoms with Crippen molar-refractivity contribution in [1.82, 2.24) is 0 Å². The Morgan fingerprint density at radius 1 is 1.75 bits per heavy atom. The molecular formula is C4H8N2O2. The van der Waals surface area contributed by atoms with Gasteiger partial charge in [-0.3, -0.25) is 0 Å². The molecule has 2 amide bonds. The number of aliphatic hydroxyl groups is 1. The Morgan fingerprint density at radius 2 is 1.88 bits per heavy atom. The lowest BCUT2D eigenvalue weighted by atomic mass is 10.8. The fraction of sp³-hybridized carbons (Fsp3) is 0.250. The summed E-state index contributed by atoms with van der Waals surface area (Å²) in [6.45, 7) is -0.153. The SMILES string of the molecule is C#CCO.NC(N)=O. The zero-order chi connectivity index (χ0) is 6.99. The van der Waals surface area contributed by atoms with E-state index < -0.39 is 6.03 Å². The summed E-state index contributed by atoms with van der Waals surface area (Å²) < 4.78 is 0. The number of rotatable bonds is 0. The van der Waals surface area contributed by atoms with Crippen molar-refractivity contribution in [2.45, 2.75) is 0 Å². The fourth-order valence-corrected chi connectivity index (χ4v) is 0. The predicted octanol–water partition coefficient (Wildman–Crippen LogP) is -1.36. The van der Waals surface area contributed by atoms with E-state index >= 15 is 0 Å². The second-order valence-electron chi connectivity index (χ2n) is 0.765. The number of urea groups is 1. The smallest absolute Gasteiger partial charge is 0.309 e. The maximum absolute atomic E-state index is 9.00.